The van der Waals surface area contributed by atoms with Gasteiger partial charge in [0, 0.05) is 26.2 Å². The average molecular weight is 311 g/mol. The molecule has 0 unspecified atom stereocenters. The summed E-state index contributed by atoms with van der Waals surface area (Å²) in [6.45, 7) is 3.28. The number of carbonyl (C=O) groups is 2. The van der Waals surface area contributed by atoms with Crippen LogP contribution in [0.2, 0.25) is 0 Å². The van der Waals surface area contributed by atoms with Crippen molar-refractivity contribution in [2.45, 2.75) is 11.8 Å². The Labute approximate surface area is 123 Å². The van der Waals surface area contributed by atoms with Crippen LogP contribution < -0.4 is 4.72 Å². The van der Waals surface area contributed by atoms with Gasteiger partial charge in [0.15, 0.2) is 0 Å². The van der Waals surface area contributed by atoms with Gasteiger partial charge in [-0.2, -0.15) is 0 Å². The fourth-order valence-corrected chi connectivity index (χ4v) is 2.96. The Kier molecular flexibility index (Phi) is 4.46. The summed E-state index contributed by atoms with van der Waals surface area (Å²) in [4.78, 5) is 25.5. The Morgan fingerprint density at radius 1 is 1.14 bits per heavy atom. The van der Waals surface area contributed by atoms with E-state index in [1.807, 2.05) is 11.6 Å². The lowest BCUT2D eigenvalue weighted by atomic mass is 10.2. The van der Waals surface area contributed by atoms with Crippen molar-refractivity contribution >= 4 is 22.5 Å². The number of urea groups is 1. The van der Waals surface area contributed by atoms with Gasteiger partial charge in [-0.3, -0.25) is 4.79 Å². The Hall–Kier alpha value is -2.09. The van der Waals surface area contributed by atoms with Crippen LogP contribution in [-0.2, 0) is 14.8 Å². The maximum Gasteiger partial charge on any atom is 0.331 e. The number of benzene rings is 1. The van der Waals surface area contributed by atoms with E-state index in [-0.39, 0.29) is 4.90 Å². The highest BCUT2D eigenvalue weighted by molar-refractivity contribution is 7.90. The number of sulfonamides is 1. The van der Waals surface area contributed by atoms with Crippen LogP contribution in [0.3, 0.4) is 0 Å². The molecule has 21 heavy (non-hydrogen) atoms. The summed E-state index contributed by atoms with van der Waals surface area (Å²) < 4.78 is 26.2. The molecule has 1 aliphatic heterocycles. The molecule has 0 atom stereocenters. The normalized spacial score (nSPS) is 15.7. The number of aryl methyl sites for hydroxylation is 1. The first-order chi connectivity index (χ1) is 9.92. The zero-order valence-electron chi connectivity index (χ0n) is 11.7. The molecule has 0 aromatic heterocycles. The molecule has 0 radical (unpaired) electrons. The zero-order valence-corrected chi connectivity index (χ0v) is 12.5. The number of hydrogen-bond donors (Lipinski definition) is 1. The summed E-state index contributed by atoms with van der Waals surface area (Å²) in [5.74, 6) is 0. The van der Waals surface area contributed by atoms with Crippen LogP contribution in [0.25, 0.3) is 0 Å². The summed E-state index contributed by atoms with van der Waals surface area (Å²) in [5, 5.41) is 0. The lowest BCUT2D eigenvalue weighted by Crippen LogP contribution is -2.52. The minimum atomic E-state index is -3.87. The second-order valence-electron chi connectivity index (χ2n) is 4.85. The lowest BCUT2D eigenvalue weighted by Gasteiger charge is -2.32. The van der Waals surface area contributed by atoms with Crippen molar-refractivity contribution in [3.63, 3.8) is 0 Å². The Bertz CT molecular complexity index is 619. The first kappa shape index (κ1) is 15.3. The quantitative estimate of drug-likeness (QED) is 0.806. The van der Waals surface area contributed by atoms with Crippen LogP contribution in [0.5, 0.6) is 0 Å². The highest BCUT2D eigenvalue weighted by Crippen LogP contribution is 2.10. The number of nitrogens with one attached hydrogen (secondary N) is 1. The fraction of sp³-hybridized carbons (Fsp3) is 0.385. The molecule has 1 heterocycles. The monoisotopic (exact) mass is 311 g/mol. The van der Waals surface area contributed by atoms with Crippen molar-refractivity contribution in [3.8, 4) is 0 Å². The van der Waals surface area contributed by atoms with Gasteiger partial charge in [-0.1, -0.05) is 17.7 Å². The van der Waals surface area contributed by atoms with Gasteiger partial charge in [0.2, 0.25) is 6.41 Å². The van der Waals surface area contributed by atoms with E-state index in [9.17, 15) is 18.0 Å². The van der Waals surface area contributed by atoms with E-state index in [1.165, 1.54) is 21.9 Å². The Morgan fingerprint density at radius 3 is 2.24 bits per heavy atom. The van der Waals surface area contributed by atoms with E-state index in [1.54, 1.807) is 12.1 Å². The van der Waals surface area contributed by atoms with Crippen LogP contribution in [0.15, 0.2) is 29.2 Å². The van der Waals surface area contributed by atoms with Crippen molar-refractivity contribution in [2.75, 3.05) is 26.2 Å². The smallest absolute Gasteiger partial charge is 0.331 e. The third-order valence-corrected chi connectivity index (χ3v) is 4.64. The molecule has 1 N–H and O–H groups in total. The van der Waals surface area contributed by atoms with Gasteiger partial charge in [0.1, 0.15) is 0 Å². The molecule has 0 bridgehead atoms. The molecule has 1 fully saturated rings. The van der Waals surface area contributed by atoms with Crippen molar-refractivity contribution in [1.82, 2.24) is 14.5 Å². The van der Waals surface area contributed by atoms with E-state index in [0.717, 1.165) is 12.0 Å². The maximum absolute atomic E-state index is 12.1. The molecule has 0 aliphatic carbocycles. The van der Waals surface area contributed by atoms with Crippen LogP contribution in [-0.4, -0.2) is 56.8 Å². The van der Waals surface area contributed by atoms with Crippen LogP contribution >= 0.6 is 0 Å². The topological polar surface area (TPSA) is 86.8 Å². The average Bonchev–Trinajstić information content (AvgIpc) is 2.47. The number of rotatable bonds is 3. The number of carbonyl (C=O) groups excluding carboxylic acids is 2. The van der Waals surface area contributed by atoms with E-state index in [0.29, 0.717) is 26.2 Å². The molecule has 3 amide bonds. The molecule has 0 saturated carbocycles. The van der Waals surface area contributed by atoms with Crippen LogP contribution in [0, 0.1) is 6.92 Å². The van der Waals surface area contributed by atoms with E-state index in [2.05, 4.69) is 0 Å². The van der Waals surface area contributed by atoms with Crippen molar-refractivity contribution in [1.29, 1.82) is 0 Å². The second-order valence-corrected chi connectivity index (χ2v) is 6.53. The summed E-state index contributed by atoms with van der Waals surface area (Å²) >= 11 is 0. The van der Waals surface area contributed by atoms with Crippen LogP contribution in [0.1, 0.15) is 5.56 Å². The zero-order chi connectivity index (χ0) is 15.5. The van der Waals surface area contributed by atoms with Crippen LogP contribution in [0.4, 0.5) is 4.79 Å². The number of piperazine rings is 1. The third-order valence-electron chi connectivity index (χ3n) is 3.30. The van der Waals surface area contributed by atoms with Gasteiger partial charge >= 0.3 is 6.03 Å². The summed E-state index contributed by atoms with van der Waals surface area (Å²) in [7, 11) is -3.87. The molecule has 8 heteroatoms. The first-order valence-corrected chi connectivity index (χ1v) is 7.98. The van der Waals surface area contributed by atoms with E-state index >= 15 is 0 Å². The second kappa shape index (κ2) is 6.13. The number of hydrogen-bond acceptors (Lipinski definition) is 4. The SMILES string of the molecule is Cc1ccc(S(=O)(=O)NC(=O)N2CCN(C=O)CC2)cc1. The van der Waals surface area contributed by atoms with E-state index in [4.69, 9.17) is 0 Å². The highest BCUT2D eigenvalue weighted by atomic mass is 32.2. The molecule has 7 nitrogen and oxygen atoms in total. The van der Waals surface area contributed by atoms with Gasteiger partial charge in [-0.25, -0.2) is 17.9 Å². The summed E-state index contributed by atoms with van der Waals surface area (Å²) in [6.07, 6.45) is 0.721. The molecule has 2 rings (SSSR count). The molecule has 114 valence electrons. The van der Waals surface area contributed by atoms with Crippen molar-refractivity contribution in [3.05, 3.63) is 29.8 Å². The number of nitrogens with zero attached hydrogens (tertiary/aromatic N) is 2. The Morgan fingerprint density at radius 2 is 1.71 bits per heavy atom. The van der Waals surface area contributed by atoms with E-state index < -0.39 is 16.1 Å². The van der Waals surface area contributed by atoms with Crippen molar-refractivity contribution in [2.24, 2.45) is 0 Å². The first-order valence-electron chi connectivity index (χ1n) is 6.50. The molecular formula is C13H17N3O4S. The molecule has 1 saturated heterocycles. The standard InChI is InChI=1S/C13H17N3O4S/c1-11-2-4-12(5-3-11)21(19,20)14-13(18)16-8-6-15(10-17)7-9-16/h2-5,10H,6-9H2,1H3,(H,14,18). The van der Waals surface area contributed by atoms with Gasteiger partial charge < -0.3 is 9.80 Å². The summed E-state index contributed by atoms with van der Waals surface area (Å²) in [6, 6.07) is 5.58. The minimum absolute atomic E-state index is 0.0491. The van der Waals surface area contributed by atoms with Gasteiger partial charge in [-0.05, 0) is 19.1 Å². The van der Waals surface area contributed by atoms with Crippen molar-refractivity contribution < 1.29 is 18.0 Å². The largest absolute Gasteiger partial charge is 0.342 e. The van der Waals surface area contributed by atoms with Gasteiger partial charge in [0.05, 0.1) is 4.90 Å². The predicted octanol–water partition coefficient (Wildman–Crippen LogP) is 0.167. The minimum Gasteiger partial charge on any atom is -0.342 e. The molecular weight excluding hydrogens is 294 g/mol. The Balaban J connectivity index is 2.02. The van der Waals surface area contributed by atoms with Gasteiger partial charge in [0.25, 0.3) is 10.0 Å². The lowest BCUT2D eigenvalue weighted by molar-refractivity contribution is -0.119. The molecule has 0 spiro atoms. The highest BCUT2D eigenvalue weighted by Gasteiger charge is 2.24. The molecule has 1 aromatic rings. The third kappa shape index (κ3) is 3.72. The fourth-order valence-electron chi connectivity index (χ4n) is 1.99. The summed E-state index contributed by atoms with van der Waals surface area (Å²) in [5.41, 5.74) is 0.935. The predicted molar refractivity (Wildman–Crippen MR) is 76.1 cm³/mol. The molecule has 1 aliphatic rings. The van der Waals surface area contributed by atoms with Gasteiger partial charge in [-0.15, -0.1) is 0 Å². The number of amides is 3. The maximum atomic E-state index is 12.1. The molecule has 1 aromatic carbocycles.